The smallest absolute Gasteiger partial charge is 0.416 e. The highest BCUT2D eigenvalue weighted by atomic mass is 32.2. The molecular weight excluding hydrogens is 359 g/mol. The van der Waals surface area contributed by atoms with Crippen LogP contribution in [0, 0.1) is 6.92 Å². The standard InChI is InChI=1S/C16H16F3NO4S/c1-10-4-5-11(8-13(10)16(17,18)19)20-25(21,22)15-9-12(23-2)6-7-14(15)24-3/h4-9,20H,1-3H3. The first-order valence-corrected chi connectivity index (χ1v) is 8.49. The van der Waals surface area contributed by atoms with Crippen LogP contribution in [-0.4, -0.2) is 22.6 Å². The van der Waals surface area contributed by atoms with Gasteiger partial charge in [0.05, 0.1) is 19.8 Å². The zero-order chi connectivity index (χ0) is 18.8. The number of sulfonamides is 1. The number of halogens is 3. The van der Waals surface area contributed by atoms with Crippen molar-refractivity contribution in [2.24, 2.45) is 0 Å². The fourth-order valence-corrected chi connectivity index (χ4v) is 3.43. The Morgan fingerprint density at radius 1 is 1.00 bits per heavy atom. The molecule has 0 amide bonds. The Morgan fingerprint density at radius 3 is 2.24 bits per heavy atom. The molecule has 0 bridgehead atoms. The van der Waals surface area contributed by atoms with E-state index in [4.69, 9.17) is 9.47 Å². The highest BCUT2D eigenvalue weighted by Crippen LogP contribution is 2.35. The summed E-state index contributed by atoms with van der Waals surface area (Å²) in [5.74, 6) is 0.303. The third kappa shape index (κ3) is 4.16. The zero-order valence-corrected chi connectivity index (χ0v) is 14.5. The molecule has 0 unspecified atom stereocenters. The van der Waals surface area contributed by atoms with E-state index in [0.29, 0.717) is 0 Å². The molecule has 0 aliphatic heterocycles. The normalized spacial score (nSPS) is 11.9. The molecule has 0 saturated heterocycles. The number of nitrogens with one attached hydrogen (secondary N) is 1. The van der Waals surface area contributed by atoms with Crippen molar-refractivity contribution < 1.29 is 31.1 Å². The average Bonchev–Trinajstić information content (AvgIpc) is 2.54. The van der Waals surface area contributed by atoms with Crippen LogP contribution >= 0.6 is 0 Å². The first kappa shape index (κ1) is 18.9. The van der Waals surface area contributed by atoms with Crippen molar-refractivity contribution in [1.29, 1.82) is 0 Å². The molecule has 2 rings (SSSR count). The largest absolute Gasteiger partial charge is 0.497 e. The number of hydrogen-bond donors (Lipinski definition) is 1. The molecule has 0 saturated carbocycles. The second-order valence-electron chi connectivity index (χ2n) is 5.15. The molecule has 0 radical (unpaired) electrons. The number of ether oxygens (including phenoxy) is 2. The predicted molar refractivity (Wildman–Crippen MR) is 86.5 cm³/mol. The number of rotatable bonds is 5. The van der Waals surface area contributed by atoms with Crippen LogP contribution in [-0.2, 0) is 16.2 Å². The third-order valence-electron chi connectivity index (χ3n) is 3.46. The van der Waals surface area contributed by atoms with E-state index in [1.165, 1.54) is 51.5 Å². The summed E-state index contributed by atoms with van der Waals surface area (Å²) in [6.45, 7) is 1.30. The van der Waals surface area contributed by atoms with Crippen LogP contribution < -0.4 is 14.2 Å². The lowest BCUT2D eigenvalue weighted by Gasteiger charge is -2.15. The Bertz CT molecular complexity index is 879. The summed E-state index contributed by atoms with van der Waals surface area (Å²) < 4.78 is 76.2. The predicted octanol–water partition coefficient (Wildman–Crippen LogP) is 3.83. The molecule has 0 spiro atoms. The van der Waals surface area contributed by atoms with E-state index in [0.717, 1.165) is 6.07 Å². The topological polar surface area (TPSA) is 64.6 Å². The second kappa shape index (κ2) is 6.83. The van der Waals surface area contributed by atoms with Gasteiger partial charge in [0, 0.05) is 11.8 Å². The summed E-state index contributed by atoms with van der Waals surface area (Å²) in [7, 11) is -1.54. The van der Waals surface area contributed by atoms with Gasteiger partial charge in [0.25, 0.3) is 10.0 Å². The maximum Gasteiger partial charge on any atom is 0.416 e. The molecule has 0 aromatic heterocycles. The van der Waals surface area contributed by atoms with Crippen molar-refractivity contribution in [3.8, 4) is 11.5 Å². The van der Waals surface area contributed by atoms with E-state index in [1.807, 2.05) is 0 Å². The van der Waals surface area contributed by atoms with E-state index in [9.17, 15) is 21.6 Å². The summed E-state index contributed by atoms with van der Waals surface area (Å²) in [5.41, 5.74) is -1.12. The van der Waals surface area contributed by atoms with Crippen molar-refractivity contribution in [3.63, 3.8) is 0 Å². The number of alkyl halides is 3. The Labute approximate surface area is 143 Å². The molecule has 2 aromatic carbocycles. The average molecular weight is 375 g/mol. The maximum absolute atomic E-state index is 13.0. The SMILES string of the molecule is COc1ccc(OC)c(S(=O)(=O)Nc2ccc(C)c(C(F)(F)F)c2)c1. The second-order valence-corrected chi connectivity index (χ2v) is 6.80. The Hall–Kier alpha value is -2.42. The number of benzene rings is 2. The van der Waals surface area contributed by atoms with Crippen LogP contribution in [0.5, 0.6) is 11.5 Å². The van der Waals surface area contributed by atoms with E-state index >= 15 is 0 Å². The molecule has 0 aliphatic rings. The van der Waals surface area contributed by atoms with E-state index in [2.05, 4.69) is 4.72 Å². The minimum absolute atomic E-state index is 0.00518. The lowest BCUT2D eigenvalue weighted by atomic mass is 10.1. The van der Waals surface area contributed by atoms with Gasteiger partial charge in [0.1, 0.15) is 16.4 Å². The number of methoxy groups -OCH3 is 2. The quantitative estimate of drug-likeness (QED) is 0.863. The van der Waals surface area contributed by atoms with Gasteiger partial charge < -0.3 is 9.47 Å². The summed E-state index contributed by atoms with van der Waals surface area (Å²) in [5, 5.41) is 0. The van der Waals surface area contributed by atoms with E-state index < -0.39 is 21.8 Å². The van der Waals surface area contributed by atoms with E-state index in [1.54, 1.807) is 0 Å². The molecule has 2 aromatic rings. The lowest BCUT2D eigenvalue weighted by Crippen LogP contribution is -2.15. The maximum atomic E-state index is 13.0. The summed E-state index contributed by atoms with van der Waals surface area (Å²) in [6.07, 6.45) is -4.58. The van der Waals surface area contributed by atoms with E-state index in [-0.39, 0.29) is 27.6 Å². The molecule has 0 fully saturated rings. The molecule has 0 aliphatic carbocycles. The Balaban J connectivity index is 2.47. The van der Waals surface area contributed by atoms with Crippen LogP contribution in [0.4, 0.5) is 18.9 Å². The van der Waals surface area contributed by atoms with Gasteiger partial charge in [-0.25, -0.2) is 8.42 Å². The van der Waals surface area contributed by atoms with Gasteiger partial charge in [-0.15, -0.1) is 0 Å². The van der Waals surface area contributed by atoms with Crippen molar-refractivity contribution in [3.05, 3.63) is 47.5 Å². The fraction of sp³-hybridized carbons (Fsp3) is 0.250. The fourth-order valence-electron chi connectivity index (χ4n) is 2.20. The van der Waals surface area contributed by atoms with Crippen molar-refractivity contribution >= 4 is 15.7 Å². The van der Waals surface area contributed by atoms with Crippen LogP contribution in [0.15, 0.2) is 41.3 Å². The van der Waals surface area contributed by atoms with Gasteiger partial charge in [0.15, 0.2) is 0 Å². The monoisotopic (exact) mass is 375 g/mol. The van der Waals surface area contributed by atoms with Gasteiger partial charge in [-0.2, -0.15) is 13.2 Å². The van der Waals surface area contributed by atoms with Gasteiger partial charge in [-0.1, -0.05) is 6.07 Å². The molecule has 1 N–H and O–H groups in total. The molecule has 9 heteroatoms. The molecular formula is C16H16F3NO4S. The van der Waals surface area contributed by atoms with Crippen LogP contribution in [0.1, 0.15) is 11.1 Å². The van der Waals surface area contributed by atoms with Crippen LogP contribution in [0.2, 0.25) is 0 Å². The first-order valence-electron chi connectivity index (χ1n) is 7.01. The molecule has 0 heterocycles. The van der Waals surface area contributed by atoms with Crippen LogP contribution in [0.3, 0.4) is 0 Å². The Kier molecular flexibility index (Phi) is 5.17. The van der Waals surface area contributed by atoms with Gasteiger partial charge in [-0.3, -0.25) is 4.72 Å². The summed E-state index contributed by atoms with van der Waals surface area (Å²) >= 11 is 0. The molecule has 5 nitrogen and oxygen atoms in total. The van der Waals surface area contributed by atoms with Gasteiger partial charge >= 0.3 is 6.18 Å². The van der Waals surface area contributed by atoms with Crippen molar-refractivity contribution in [2.45, 2.75) is 18.0 Å². The lowest BCUT2D eigenvalue weighted by molar-refractivity contribution is -0.138. The minimum Gasteiger partial charge on any atom is -0.497 e. The van der Waals surface area contributed by atoms with Crippen molar-refractivity contribution in [1.82, 2.24) is 0 Å². The molecule has 0 atom stereocenters. The summed E-state index contributed by atoms with van der Waals surface area (Å²) in [4.78, 5) is -0.247. The first-order chi connectivity index (χ1) is 11.6. The number of anilines is 1. The Morgan fingerprint density at radius 2 is 1.68 bits per heavy atom. The van der Waals surface area contributed by atoms with Crippen molar-refractivity contribution in [2.75, 3.05) is 18.9 Å². The molecule has 25 heavy (non-hydrogen) atoms. The van der Waals surface area contributed by atoms with Gasteiger partial charge in [0.2, 0.25) is 0 Å². The summed E-state index contributed by atoms with van der Waals surface area (Å²) in [6, 6.07) is 7.33. The molecule has 136 valence electrons. The highest BCUT2D eigenvalue weighted by molar-refractivity contribution is 7.92. The minimum atomic E-state index is -4.58. The van der Waals surface area contributed by atoms with Crippen LogP contribution in [0.25, 0.3) is 0 Å². The number of aryl methyl sites for hydroxylation is 1. The third-order valence-corrected chi connectivity index (χ3v) is 4.86. The van der Waals surface area contributed by atoms with Gasteiger partial charge in [-0.05, 0) is 36.8 Å². The highest BCUT2D eigenvalue weighted by Gasteiger charge is 2.33. The number of hydrogen-bond acceptors (Lipinski definition) is 4. The zero-order valence-electron chi connectivity index (χ0n) is 13.6.